The summed E-state index contributed by atoms with van der Waals surface area (Å²) in [7, 11) is 2.30. The van der Waals surface area contributed by atoms with Crippen LogP contribution in [-0.2, 0) is 0 Å². The van der Waals surface area contributed by atoms with Crippen molar-refractivity contribution in [2.75, 3.05) is 13.6 Å². The minimum Gasteiger partial charge on any atom is -0.328 e. The first-order valence-electron chi connectivity index (χ1n) is 7.05. The van der Waals surface area contributed by atoms with Crippen LogP contribution in [0, 0.1) is 5.92 Å². The molecule has 0 saturated heterocycles. The summed E-state index contributed by atoms with van der Waals surface area (Å²) in [5, 5.41) is 0. The van der Waals surface area contributed by atoms with Crippen LogP contribution in [0.3, 0.4) is 0 Å². The molecule has 1 saturated carbocycles. The molecule has 0 spiro atoms. The van der Waals surface area contributed by atoms with E-state index in [9.17, 15) is 0 Å². The fraction of sp³-hybridized carbons (Fsp3) is 1.00. The van der Waals surface area contributed by atoms with Crippen LogP contribution < -0.4 is 5.73 Å². The molecule has 1 aliphatic rings. The Hall–Kier alpha value is -0.0800. The first kappa shape index (κ1) is 14.0. The molecule has 1 aliphatic carbocycles. The molecule has 2 atom stereocenters. The maximum atomic E-state index is 5.77. The summed E-state index contributed by atoms with van der Waals surface area (Å²) in [5.41, 5.74) is 5.77. The molecule has 0 aromatic carbocycles. The highest BCUT2D eigenvalue weighted by molar-refractivity contribution is 4.76. The van der Waals surface area contributed by atoms with E-state index in [0.29, 0.717) is 6.04 Å². The number of nitrogens with zero attached hydrogens (tertiary/aromatic N) is 1. The van der Waals surface area contributed by atoms with Crippen LogP contribution in [-0.4, -0.2) is 30.6 Å². The lowest BCUT2D eigenvalue weighted by Crippen LogP contribution is -2.33. The van der Waals surface area contributed by atoms with E-state index in [4.69, 9.17) is 5.73 Å². The zero-order chi connectivity index (χ0) is 12.0. The van der Waals surface area contributed by atoms with Crippen molar-refractivity contribution in [3.8, 4) is 0 Å². The predicted octanol–water partition coefficient (Wildman–Crippen LogP) is 3.01. The van der Waals surface area contributed by atoms with Gasteiger partial charge in [0.15, 0.2) is 0 Å². The molecule has 0 aliphatic heterocycles. The molecule has 1 rings (SSSR count). The first-order valence-corrected chi connectivity index (χ1v) is 7.05. The lowest BCUT2D eigenvalue weighted by Gasteiger charge is -2.27. The van der Waals surface area contributed by atoms with Gasteiger partial charge in [-0.25, -0.2) is 0 Å². The molecule has 1 fully saturated rings. The lowest BCUT2D eigenvalue weighted by molar-refractivity contribution is 0.208. The molecule has 0 aromatic heterocycles. The number of nitrogens with two attached hydrogens (primary N) is 1. The minimum absolute atomic E-state index is 0.375. The summed E-state index contributed by atoms with van der Waals surface area (Å²) in [5.74, 6) is 0.823. The number of rotatable bonds is 7. The predicted molar refractivity (Wildman–Crippen MR) is 71.6 cm³/mol. The van der Waals surface area contributed by atoms with E-state index in [-0.39, 0.29) is 0 Å². The second kappa shape index (κ2) is 7.29. The van der Waals surface area contributed by atoms with Crippen molar-refractivity contribution in [1.29, 1.82) is 0 Å². The number of hydrogen-bond acceptors (Lipinski definition) is 2. The molecule has 2 N–H and O–H groups in total. The molecule has 0 radical (unpaired) electrons. The Labute approximate surface area is 102 Å². The van der Waals surface area contributed by atoms with Crippen molar-refractivity contribution in [2.24, 2.45) is 11.7 Å². The Morgan fingerprint density at radius 2 is 1.81 bits per heavy atom. The van der Waals surface area contributed by atoms with Crippen LogP contribution in [0.4, 0.5) is 0 Å². The van der Waals surface area contributed by atoms with Gasteiger partial charge in [0.05, 0.1) is 0 Å². The summed E-state index contributed by atoms with van der Waals surface area (Å²) in [4.78, 5) is 2.59. The van der Waals surface area contributed by atoms with Crippen molar-refractivity contribution < 1.29 is 0 Å². The number of hydrogen-bond donors (Lipinski definition) is 1. The average Bonchev–Trinajstić information content (AvgIpc) is 2.69. The van der Waals surface area contributed by atoms with Gasteiger partial charge >= 0.3 is 0 Å². The summed E-state index contributed by atoms with van der Waals surface area (Å²) in [6.45, 7) is 5.76. The molecule has 0 heterocycles. The molecular weight excluding hydrogens is 196 g/mol. The van der Waals surface area contributed by atoms with Gasteiger partial charge in [-0.2, -0.15) is 0 Å². The SMILES string of the molecule is CC(N)CCCC(C)CN(C)C1CCCC1. The zero-order valence-electron chi connectivity index (χ0n) is 11.4. The Balaban J connectivity index is 2.10. The summed E-state index contributed by atoms with van der Waals surface area (Å²) in [6.07, 6.45) is 9.52. The Morgan fingerprint density at radius 3 is 2.38 bits per heavy atom. The third-order valence-corrected chi connectivity index (χ3v) is 3.90. The maximum Gasteiger partial charge on any atom is 0.00923 e. The normalized spacial score (nSPS) is 21.6. The second-order valence-electron chi connectivity index (χ2n) is 5.89. The summed E-state index contributed by atoms with van der Waals surface area (Å²) in [6, 6.07) is 1.25. The largest absolute Gasteiger partial charge is 0.328 e. The van der Waals surface area contributed by atoms with Crippen LogP contribution in [0.15, 0.2) is 0 Å². The molecule has 2 unspecified atom stereocenters. The van der Waals surface area contributed by atoms with Gasteiger partial charge in [-0.3, -0.25) is 0 Å². The highest BCUT2D eigenvalue weighted by atomic mass is 15.1. The van der Waals surface area contributed by atoms with Crippen LogP contribution in [0.25, 0.3) is 0 Å². The van der Waals surface area contributed by atoms with Gasteiger partial charge in [-0.1, -0.05) is 26.2 Å². The Kier molecular flexibility index (Phi) is 6.37. The lowest BCUT2D eigenvalue weighted by atomic mass is 10.0. The molecule has 0 amide bonds. The molecule has 2 heteroatoms. The van der Waals surface area contributed by atoms with Gasteiger partial charge in [-0.15, -0.1) is 0 Å². The highest BCUT2D eigenvalue weighted by Gasteiger charge is 2.20. The van der Waals surface area contributed by atoms with Gasteiger partial charge in [0, 0.05) is 18.6 Å². The molecule has 0 aromatic rings. The smallest absolute Gasteiger partial charge is 0.00923 e. The quantitative estimate of drug-likeness (QED) is 0.723. The molecule has 2 nitrogen and oxygen atoms in total. The van der Waals surface area contributed by atoms with Crippen molar-refractivity contribution >= 4 is 0 Å². The first-order chi connectivity index (χ1) is 7.59. The van der Waals surface area contributed by atoms with Crippen molar-refractivity contribution in [3.05, 3.63) is 0 Å². The average molecular weight is 226 g/mol. The molecule has 0 bridgehead atoms. The van der Waals surface area contributed by atoms with E-state index in [1.807, 2.05) is 0 Å². The topological polar surface area (TPSA) is 29.3 Å². The third-order valence-electron chi connectivity index (χ3n) is 3.90. The summed E-state index contributed by atoms with van der Waals surface area (Å²) < 4.78 is 0. The van der Waals surface area contributed by atoms with Crippen molar-refractivity contribution in [2.45, 2.75) is 70.9 Å². The standard InChI is InChI=1S/C14H30N2/c1-12(7-6-8-13(2)15)11-16(3)14-9-4-5-10-14/h12-14H,4-11,15H2,1-3H3. The molecule has 96 valence electrons. The fourth-order valence-corrected chi connectivity index (χ4v) is 2.87. The van der Waals surface area contributed by atoms with E-state index in [1.165, 1.54) is 51.5 Å². The Bertz CT molecular complexity index is 174. The summed E-state index contributed by atoms with van der Waals surface area (Å²) >= 11 is 0. The van der Waals surface area contributed by atoms with E-state index < -0.39 is 0 Å². The van der Waals surface area contributed by atoms with E-state index >= 15 is 0 Å². The van der Waals surface area contributed by atoms with Crippen LogP contribution in [0.2, 0.25) is 0 Å². The van der Waals surface area contributed by atoms with Crippen LogP contribution >= 0.6 is 0 Å². The minimum atomic E-state index is 0.375. The van der Waals surface area contributed by atoms with Crippen molar-refractivity contribution in [3.63, 3.8) is 0 Å². The van der Waals surface area contributed by atoms with Crippen LogP contribution in [0.5, 0.6) is 0 Å². The van der Waals surface area contributed by atoms with Gasteiger partial charge in [0.1, 0.15) is 0 Å². The van der Waals surface area contributed by atoms with Crippen molar-refractivity contribution in [1.82, 2.24) is 4.90 Å². The zero-order valence-corrected chi connectivity index (χ0v) is 11.4. The van der Waals surface area contributed by atoms with E-state index in [2.05, 4.69) is 25.8 Å². The third kappa shape index (κ3) is 5.31. The molecular formula is C14H30N2. The fourth-order valence-electron chi connectivity index (χ4n) is 2.87. The van der Waals surface area contributed by atoms with E-state index in [0.717, 1.165) is 12.0 Å². The monoisotopic (exact) mass is 226 g/mol. The maximum absolute atomic E-state index is 5.77. The van der Waals surface area contributed by atoms with Gasteiger partial charge in [-0.05, 0) is 45.6 Å². The van der Waals surface area contributed by atoms with Gasteiger partial charge < -0.3 is 10.6 Å². The Morgan fingerprint density at radius 1 is 1.19 bits per heavy atom. The van der Waals surface area contributed by atoms with Gasteiger partial charge in [0.2, 0.25) is 0 Å². The van der Waals surface area contributed by atoms with Crippen LogP contribution in [0.1, 0.15) is 58.8 Å². The van der Waals surface area contributed by atoms with E-state index in [1.54, 1.807) is 0 Å². The molecule has 16 heavy (non-hydrogen) atoms. The second-order valence-corrected chi connectivity index (χ2v) is 5.89. The van der Waals surface area contributed by atoms with Gasteiger partial charge in [0.25, 0.3) is 0 Å². The highest BCUT2D eigenvalue weighted by Crippen LogP contribution is 2.23.